The molecule has 164 valence electrons. The molecule has 5 nitrogen and oxygen atoms in total. The zero-order valence-corrected chi connectivity index (χ0v) is 20.2. The van der Waals surface area contributed by atoms with Crippen molar-refractivity contribution in [3.63, 3.8) is 0 Å². The monoisotopic (exact) mass is 442 g/mol. The van der Waals surface area contributed by atoms with Gasteiger partial charge in [0.1, 0.15) is 11.5 Å². The van der Waals surface area contributed by atoms with Crippen LogP contribution in [-0.2, 0) is 30.2 Å². The van der Waals surface area contributed by atoms with E-state index in [-0.39, 0.29) is 16.1 Å². The van der Waals surface area contributed by atoms with Crippen molar-refractivity contribution in [2.24, 2.45) is 0 Å². The number of hydrogen-bond acceptors (Lipinski definition) is 6. The van der Waals surface area contributed by atoms with E-state index in [9.17, 15) is 18.3 Å². The number of carbonyl (C=O) groups excluding carboxylic acids is 1. The molecule has 0 bridgehead atoms. The molecule has 2 atom stereocenters. The van der Waals surface area contributed by atoms with Crippen molar-refractivity contribution < 1.29 is 23.1 Å². The Labute approximate surface area is 179 Å². The van der Waals surface area contributed by atoms with Crippen LogP contribution < -0.4 is 0 Å². The van der Waals surface area contributed by atoms with Crippen molar-refractivity contribution in [1.29, 1.82) is 0 Å². The second kappa shape index (κ2) is 8.50. The van der Waals surface area contributed by atoms with Crippen molar-refractivity contribution >= 4 is 27.6 Å². The Morgan fingerprint density at radius 2 is 1.62 bits per heavy atom. The van der Waals surface area contributed by atoms with Gasteiger partial charge in [-0.2, -0.15) is 0 Å². The first-order chi connectivity index (χ1) is 13.2. The Bertz CT molecular complexity index is 825. The summed E-state index contributed by atoms with van der Waals surface area (Å²) in [4.78, 5) is 12.5. The molecule has 0 saturated heterocycles. The van der Waals surface area contributed by atoms with Gasteiger partial charge in [0, 0.05) is 21.3 Å². The molecule has 1 N–H and O–H groups in total. The zero-order chi connectivity index (χ0) is 22.2. The summed E-state index contributed by atoms with van der Waals surface area (Å²) in [5, 5.41) is 10.2. The van der Waals surface area contributed by atoms with Gasteiger partial charge in [0.25, 0.3) is 0 Å². The minimum atomic E-state index is -3.57. The van der Waals surface area contributed by atoms with Crippen molar-refractivity contribution in [3.05, 3.63) is 23.3 Å². The van der Waals surface area contributed by atoms with Crippen LogP contribution in [0.2, 0.25) is 0 Å². The Morgan fingerprint density at radius 1 is 1.10 bits per heavy atom. The third kappa shape index (κ3) is 5.69. The molecule has 0 aromatic heterocycles. The smallest absolute Gasteiger partial charge is 0.320 e. The normalized spacial score (nSPS) is 20.7. The number of benzene rings is 1. The van der Waals surface area contributed by atoms with Crippen LogP contribution in [0.5, 0.6) is 5.75 Å². The molecule has 0 spiro atoms. The molecule has 1 aromatic rings. The summed E-state index contributed by atoms with van der Waals surface area (Å²) in [6.45, 7) is 12.3. The summed E-state index contributed by atoms with van der Waals surface area (Å²) in [5.41, 5.74) is 1.23. The molecule has 29 heavy (non-hydrogen) atoms. The number of aromatic hydroxyl groups is 1. The molecular formula is C22H34O5S2. The standard InChI is InChI=1S/C22H34O5S2/c1-21(2,3)15-11-14(12-16(20(15)24)22(4,5)6)28-17-9-8-10-18(17)29(25,26)13-19(23)27-7/h11-12,17-18,24H,8-10,13H2,1-7H3. The maximum Gasteiger partial charge on any atom is 0.320 e. The largest absolute Gasteiger partial charge is 0.507 e. The number of hydrogen-bond donors (Lipinski definition) is 1. The van der Waals surface area contributed by atoms with Crippen molar-refractivity contribution in [3.8, 4) is 5.75 Å². The van der Waals surface area contributed by atoms with Gasteiger partial charge >= 0.3 is 5.97 Å². The van der Waals surface area contributed by atoms with Gasteiger partial charge in [-0.25, -0.2) is 8.42 Å². The molecule has 1 saturated carbocycles. The molecule has 0 heterocycles. The molecule has 0 amide bonds. The molecule has 1 aliphatic carbocycles. The number of thioether (sulfide) groups is 1. The average Bonchev–Trinajstić information content (AvgIpc) is 3.02. The summed E-state index contributed by atoms with van der Waals surface area (Å²) >= 11 is 1.55. The Hall–Kier alpha value is -1.21. The lowest BCUT2D eigenvalue weighted by atomic mass is 9.79. The molecule has 2 unspecified atom stereocenters. The minimum absolute atomic E-state index is 0.116. The average molecular weight is 443 g/mol. The van der Waals surface area contributed by atoms with E-state index in [0.717, 1.165) is 28.9 Å². The van der Waals surface area contributed by atoms with E-state index < -0.39 is 26.8 Å². The highest BCUT2D eigenvalue weighted by molar-refractivity contribution is 8.01. The lowest BCUT2D eigenvalue weighted by molar-refractivity contribution is -0.137. The Balaban J connectivity index is 2.41. The molecule has 0 radical (unpaired) electrons. The highest BCUT2D eigenvalue weighted by Crippen LogP contribution is 2.45. The molecule has 0 aliphatic heterocycles. The third-order valence-electron chi connectivity index (χ3n) is 5.39. The van der Waals surface area contributed by atoms with Gasteiger partial charge in [0.15, 0.2) is 9.84 Å². The van der Waals surface area contributed by atoms with Gasteiger partial charge in [0.05, 0.1) is 12.4 Å². The minimum Gasteiger partial charge on any atom is -0.507 e. The summed E-state index contributed by atoms with van der Waals surface area (Å²) in [7, 11) is -2.37. The molecule has 7 heteroatoms. The van der Waals surface area contributed by atoms with Crippen LogP contribution in [-0.4, -0.2) is 42.9 Å². The fraction of sp³-hybridized carbons (Fsp3) is 0.682. The topological polar surface area (TPSA) is 80.7 Å². The fourth-order valence-corrected chi connectivity index (χ4v) is 7.52. The number of carbonyl (C=O) groups is 1. The molecule has 1 aliphatic rings. The van der Waals surface area contributed by atoms with Crippen LogP contribution in [0, 0.1) is 0 Å². The van der Waals surface area contributed by atoms with Crippen LogP contribution in [0.1, 0.15) is 71.9 Å². The summed E-state index contributed by atoms with van der Waals surface area (Å²) in [6, 6.07) is 3.97. The third-order valence-corrected chi connectivity index (χ3v) is 9.06. The van der Waals surface area contributed by atoms with E-state index in [1.165, 1.54) is 7.11 Å². The van der Waals surface area contributed by atoms with Crippen molar-refractivity contribution in [2.75, 3.05) is 12.9 Å². The fourth-order valence-electron chi connectivity index (χ4n) is 3.76. The van der Waals surface area contributed by atoms with Gasteiger partial charge in [-0.15, -0.1) is 11.8 Å². The first-order valence-corrected chi connectivity index (χ1v) is 12.6. The zero-order valence-electron chi connectivity index (χ0n) is 18.5. The number of sulfone groups is 1. The second-order valence-electron chi connectivity index (χ2n) is 9.88. The first-order valence-electron chi connectivity index (χ1n) is 10.00. The van der Waals surface area contributed by atoms with E-state index in [2.05, 4.69) is 46.3 Å². The van der Waals surface area contributed by atoms with Gasteiger partial charge in [-0.1, -0.05) is 48.0 Å². The van der Waals surface area contributed by atoms with Crippen LogP contribution in [0.4, 0.5) is 0 Å². The SMILES string of the molecule is COC(=O)CS(=O)(=O)C1CCCC1Sc1cc(C(C)(C)C)c(O)c(C(C)(C)C)c1. The van der Waals surface area contributed by atoms with Crippen LogP contribution >= 0.6 is 11.8 Å². The number of methoxy groups -OCH3 is 1. The van der Waals surface area contributed by atoms with Gasteiger partial charge in [0.2, 0.25) is 0 Å². The van der Waals surface area contributed by atoms with Gasteiger partial charge < -0.3 is 9.84 Å². The molecule has 1 fully saturated rings. The number of phenols is 1. The lowest BCUT2D eigenvalue weighted by Crippen LogP contribution is -2.32. The Kier molecular flexibility index (Phi) is 7.05. The van der Waals surface area contributed by atoms with Crippen LogP contribution in [0.3, 0.4) is 0 Å². The van der Waals surface area contributed by atoms with E-state index in [4.69, 9.17) is 0 Å². The number of esters is 1. The van der Waals surface area contributed by atoms with E-state index in [0.29, 0.717) is 12.2 Å². The number of ether oxygens (including phenoxy) is 1. The molecule has 1 aromatic carbocycles. The highest BCUT2D eigenvalue weighted by Gasteiger charge is 2.39. The van der Waals surface area contributed by atoms with Crippen LogP contribution in [0.25, 0.3) is 0 Å². The highest BCUT2D eigenvalue weighted by atomic mass is 32.2. The maximum absolute atomic E-state index is 12.8. The summed E-state index contributed by atoms with van der Waals surface area (Å²) in [5.74, 6) is -0.965. The predicted octanol–water partition coefficient (Wildman–Crippen LogP) is 4.59. The maximum atomic E-state index is 12.8. The molecular weight excluding hydrogens is 408 g/mol. The number of phenolic OH excluding ortho intramolecular Hbond substituents is 1. The van der Waals surface area contributed by atoms with E-state index in [1.807, 2.05) is 12.1 Å². The quantitative estimate of drug-likeness (QED) is 0.672. The first kappa shape index (κ1) is 24.1. The van der Waals surface area contributed by atoms with E-state index >= 15 is 0 Å². The number of rotatable bonds is 5. The second-order valence-corrected chi connectivity index (χ2v) is 13.4. The lowest BCUT2D eigenvalue weighted by Gasteiger charge is -2.29. The van der Waals surface area contributed by atoms with Crippen LogP contribution in [0.15, 0.2) is 17.0 Å². The summed E-state index contributed by atoms with van der Waals surface area (Å²) in [6.07, 6.45) is 2.17. The predicted molar refractivity (Wildman–Crippen MR) is 119 cm³/mol. The molecule has 2 rings (SSSR count). The van der Waals surface area contributed by atoms with Gasteiger partial charge in [-0.3, -0.25) is 4.79 Å². The van der Waals surface area contributed by atoms with Gasteiger partial charge in [-0.05, 0) is 35.8 Å². The van der Waals surface area contributed by atoms with Crippen molar-refractivity contribution in [2.45, 2.75) is 87.0 Å². The van der Waals surface area contributed by atoms with E-state index in [1.54, 1.807) is 11.8 Å². The summed E-state index contributed by atoms with van der Waals surface area (Å²) < 4.78 is 30.1. The van der Waals surface area contributed by atoms with Crippen molar-refractivity contribution in [1.82, 2.24) is 0 Å². The Morgan fingerprint density at radius 3 is 2.07 bits per heavy atom.